The third-order valence-electron chi connectivity index (χ3n) is 3.25. The topological polar surface area (TPSA) is 78.6 Å². The zero-order valence-electron chi connectivity index (χ0n) is 10.2. The van der Waals surface area contributed by atoms with Crippen molar-refractivity contribution in [2.75, 3.05) is 6.54 Å². The molecular formula is C13H13N3O3. The molecule has 3 rings (SSSR count). The van der Waals surface area contributed by atoms with Crippen molar-refractivity contribution in [2.24, 2.45) is 0 Å². The summed E-state index contributed by atoms with van der Waals surface area (Å²) in [6.45, 7) is 1.77. The Labute approximate surface area is 109 Å². The standard InChI is InChI=1S/C13H13N3O3/c17-10-2-1-9(7-11(10)18)13(19)16-6-5-15-4-3-14-12(15)8-16/h1-4,7,17-18H,5-6,8H2. The summed E-state index contributed by atoms with van der Waals surface area (Å²) in [5.74, 6) is 0.155. The number of phenolic OH excluding ortho intramolecular Hbond substituents is 2. The number of nitrogens with zero attached hydrogens (tertiary/aromatic N) is 3. The highest BCUT2D eigenvalue weighted by Crippen LogP contribution is 2.26. The number of hydrogen-bond donors (Lipinski definition) is 2. The maximum Gasteiger partial charge on any atom is 0.254 e. The molecule has 0 radical (unpaired) electrons. The van der Waals surface area contributed by atoms with E-state index in [9.17, 15) is 15.0 Å². The van der Waals surface area contributed by atoms with Gasteiger partial charge in [0.2, 0.25) is 0 Å². The molecule has 0 unspecified atom stereocenters. The van der Waals surface area contributed by atoms with Gasteiger partial charge in [0.05, 0.1) is 6.54 Å². The van der Waals surface area contributed by atoms with Crippen LogP contribution in [0.4, 0.5) is 0 Å². The van der Waals surface area contributed by atoms with Crippen molar-refractivity contribution in [3.8, 4) is 11.5 Å². The van der Waals surface area contributed by atoms with Crippen LogP contribution in [0.5, 0.6) is 11.5 Å². The summed E-state index contributed by atoms with van der Waals surface area (Å²) in [5.41, 5.74) is 0.357. The third-order valence-corrected chi connectivity index (χ3v) is 3.25. The molecular weight excluding hydrogens is 246 g/mol. The van der Waals surface area contributed by atoms with E-state index in [1.807, 2.05) is 10.8 Å². The van der Waals surface area contributed by atoms with Crippen LogP contribution in [0.25, 0.3) is 0 Å². The van der Waals surface area contributed by atoms with Gasteiger partial charge in [-0.25, -0.2) is 4.98 Å². The van der Waals surface area contributed by atoms with E-state index >= 15 is 0 Å². The van der Waals surface area contributed by atoms with E-state index < -0.39 is 0 Å². The Kier molecular flexibility index (Phi) is 2.63. The van der Waals surface area contributed by atoms with Crippen LogP contribution in [0, 0.1) is 0 Å². The Morgan fingerprint density at radius 3 is 2.84 bits per heavy atom. The van der Waals surface area contributed by atoms with Gasteiger partial charge in [0.25, 0.3) is 5.91 Å². The quantitative estimate of drug-likeness (QED) is 0.747. The molecule has 1 aromatic heterocycles. The van der Waals surface area contributed by atoms with Crippen LogP contribution < -0.4 is 0 Å². The normalized spacial score (nSPS) is 14.2. The Bertz CT molecular complexity index is 636. The molecule has 1 amide bonds. The SMILES string of the molecule is O=C(c1ccc(O)c(O)c1)N1CCn2ccnc2C1. The number of imidazole rings is 1. The van der Waals surface area contributed by atoms with Crippen LogP contribution in [0.3, 0.4) is 0 Å². The largest absolute Gasteiger partial charge is 0.504 e. The fourth-order valence-corrected chi connectivity index (χ4v) is 2.19. The van der Waals surface area contributed by atoms with Gasteiger partial charge in [-0.1, -0.05) is 0 Å². The maximum absolute atomic E-state index is 12.3. The summed E-state index contributed by atoms with van der Waals surface area (Å²) in [5, 5.41) is 18.7. The van der Waals surface area contributed by atoms with Crippen molar-refractivity contribution in [1.82, 2.24) is 14.5 Å². The summed E-state index contributed by atoms with van der Waals surface area (Å²) in [6, 6.07) is 4.09. The first-order valence-electron chi connectivity index (χ1n) is 5.96. The average molecular weight is 259 g/mol. The lowest BCUT2D eigenvalue weighted by atomic mass is 10.1. The number of fused-ring (bicyclic) bond motifs is 1. The number of aromatic nitrogens is 2. The number of benzene rings is 1. The fourth-order valence-electron chi connectivity index (χ4n) is 2.19. The minimum atomic E-state index is -0.288. The highest BCUT2D eigenvalue weighted by molar-refractivity contribution is 5.94. The van der Waals surface area contributed by atoms with Crippen molar-refractivity contribution < 1.29 is 15.0 Å². The van der Waals surface area contributed by atoms with E-state index in [4.69, 9.17) is 0 Å². The van der Waals surface area contributed by atoms with Gasteiger partial charge in [-0.2, -0.15) is 0 Å². The van der Waals surface area contributed by atoms with E-state index in [0.29, 0.717) is 25.2 Å². The molecule has 2 aromatic rings. The molecule has 0 fully saturated rings. The van der Waals surface area contributed by atoms with E-state index in [2.05, 4.69) is 4.98 Å². The van der Waals surface area contributed by atoms with Crippen LogP contribution in [0.2, 0.25) is 0 Å². The Balaban J connectivity index is 1.83. The fraction of sp³-hybridized carbons (Fsp3) is 0.231. The summed E-state index contributed by atoms with van der Waals surface area (Å²) in [7, 11) is 0. The number of aromatic hydroxyl groups is 2. The molecule has 2 N–H and O–H groups in total. The van der Waals surface area contributed by atoms with E-state index in [0.717, 1.165) is 5.82 Å². The predicted octanol–water partition coefficient (Wildman–Crippen LogP) is 0.950. The Hall–Kier alpha value is -2.50. The molecule has 0 atom stereocenters. The molecule has 6 heteroatoms. The van der Waals surface area contributed by atoms with Gasteiger partial charge in [-0.05, 0) is 18.2 Å². The Morgan fingerprint density at radius 2 is 2.05 bits per heavy atom. The zero-order valence-corrected chi connectivity index (χ0v) is 10.2. The average Bonchev–Trinajstić information content (AvgIpc) is 2.88. The third kappa shape index (κ3) is 2.01. The van der Waals surface area contributed by atoms with Crippen molar-refractivity contribution in [3.05, 3.63) is 42.0 Å². The molecule has 0 spiro atoms. The van der Waals surface area contributed by atoms with Crippen LogP contribution in [0.15, 0.2) is 30.6 Å². The molecule has 2 heterocycles. The lowest BCUT2D eigenvalue weighted by Crippen LogP contribution is -2.38. The first-order chi connectivity index (χ1) is 9.15. The first kappa shape index (κ1) is 11.6. The van der Waals surface area contributed by atoms with Gasteiger partial charge in [-0.15, -0.1) is 0 Å². The van der Waals surface area contributed by atoms with Gasteiger partial charge in [0.15, 0.2) is 11.5 Å². The highest BCUT2D eigenvalue weighted by atomic mass is 16.3. The van der Waals surface area contributed by atoms with E-state index in [1.165, 1.54) is 18.2 Å². The molecule has 98 valence electrons. The van der Waals surface area contributed by atoms with Gasteiger partial charge < -0.3 is 19.7 Å². The van der Waals surface area contributed by atoms with E-state index in [1.54, 1.807) is 11.1 Å². The van der Waals surface area contributed by atoms with E-state index in [-0.39, 0.29) is 17.4 Å². The van der Waals surface area contributed by atoms with Crippen LogP contribution in [0.1, 0.15) is 16.2 Å². The second-order valence-corrected chi connectivity index (χ2v) is 4.47. The monoisotopic (exact) mass is 259 g/mol. The molecule has 1 aliphatic heterocycles. The Morgan fingerprint density at radius 1 is 1.21 bits per heavy atom. The van der Waals surface area contributed by atoms with Crippen molar-refractivity contribution >= 4 is 5.91 Å². The molecule has 0 bridgehead atoms. The lowest BCUT2D eigenvalue weighted by molar-refractivity contribution is 0.0707. The first-order valence-corrected chi connectivity index (χ1v) is 5.96. The second kappa shape index (κ2) is 4.31. The van der Waals surface area contributed by atoms with Crippen LogP contribution >= 0.6 is 0 Å². The molecule has 0 saturated heterocycles. The lowest BCUT2D eigenvalue weighted by Gasteiger charge is -2.27. The van der Waals surface area contributed by atoms with Gasteiger partial charge in [0, 0.05) is 31.0 Å². The van der Waals surface area contributed by atoms with Crippen molar-refractivity contribution in [1.29, 1.82) is 0 Å². The number of rotatable bonds is 1. The van der Waals surface area contributed by atoms with Crippen LogP contribution in [-0.4, -0.2) is 37.1 Å². The second-order valence-electron chi connectivity index (χ2n) is 4.47. The number of amides is 1. The molecule has 6 nitrogen and oxygen atoms in total. The summed E-state index contributed by atoms with van der Waals surface area (Å²) < 4.78 is 2.01. The minimum Gasteiger partial charge on any atom is -0.504 e. The predicted molar refractivity (Wildman–Crippen MR) is 66.7 cm³/mol. The molecule has 19 heavy (non-hydrogen) atoms. The maximum atomic E-state index is 12.3. The minimum absolute atomic E-state index is 0.176. The number of carbonyl (C=O) groups excluding carboxylic acids is 1. The van der Waals surface area contributed by atoms with Crippen molar-refractivity contribution in [2.45, 2.75) is 13.1 Å². The summed E-state index contributed by atoms with van der Waals surface area (Å²) >= 11 is 0. The number of phenols is 2. The molecule has 0 aliphatic carbocycles. The van der Waals surface area contributed by atoms with Gasteiger partial charge in [-0.3, -0.25) is 4.79 Å². The smallest absolute Gasteiger partial charge is 0.254 e. The summed E-state index contributed by atoms with van der Waals surface area (Å²) in [6.07, 6.45) is 3.61. The van der Waals surface area contributed by atoms with Crippen molar-refractivity contribution in [3.63, 3.8) is 0 Å². The number of hydrogen-bond acceptors (Lipinski definition) is 4. The summed E-state index contributed by atoms with van der Waals surface area (Å²) in [4.78, 5) is 18.2. The highest BCUT2D eigenvalue weighted by Gasteiger charge is 2.22. The molecule has 0 saturated carbocycles. The van der Waals surface area contributed by atoms with Gasteiger partial charge >= 0.3 is 0 Å². The zero-order chi connectivity index (χ0) is 13.4. The van der Waals surface area contributed by atoms with Crippen LogP contribution in [-0.2, 0) is 13.1 Å². The van der Waals surface area contributed by atoms with Gasteiger partial charge in [0.1, 0.15) is 5.82 Å². The number of carbonyl (C=O) groups is 1. The molecule has 1 aliphatic rings. The molecule has 1 aromatic carbocycles.